The Morgan fingerprint density at radius 3 is 2.63 bits per heavy atom. The average Bonchev–Trinajstić information content (AvgIpc) is 2.71. The van der Waals surface area contributed by atoms with Gasteiger partial charge in [-0.05, 0) is 54.7 Å². The van der Waals surface area contributed by atoms with Gasteiger partial charge in [0.2, 0.25) is 0 Å². The molecule has 0 aromatic heterocycles. The molecule has 0 saturated heterocycles. The van der Waals surface area contributed by atoms with Crippen LogP contribution < -0.4 is 19.5 Å². The molecule has 6 nitrogen and oxygen atoms in total. The Hall–Kier alpha value is -2.73. The number of aliphatic hydroxyl groups is 1. The van der Waals surface area contributed by atoms with E-state index in [1.54, 1.807) is 38.5 Å². The van der Waals surface area contributed by atoms with Crippen LogP contribution in [0.2, 0.25) is 0 Å². The van der Waals surface area contributed by atoms with Gasteiger partial charge in [-0.3, -0.25) is 4.79 Å². The molecule has 0 heterocycles. The third-order valence-electron chi connectivity index (χ3n) is 4.84. The first-order valence-electron chi connectivity index (χ1n) is 8.97. The molecular weight excluding hydrogens is 346 g/mol. The lowest BCUT2D eigenvalue weighted by Crippen LogP contribution is -2.44. The van der Waals surface area contributed by atoms with Crippen LogP contribution in [0.5, 0.6) is 17.2 Å². The summed E-state index contributed by atoms with van der Waals surface area (Å²) >= 11 is 0. The first-order chi connectivity index (χ1) is 13.0. The Morgan fingerprint density at radius 1 is 1.11 bits per heavy atom. The summed E-state index contributed by atoms with van der Waals surface area (Å²) in [5.74, 6) is 1.70. The van der Waals surface area contributed by atoms with Crippen LogP contribution in [0.3, 0.4) is 0 Å². The van der Waals surface area contributed by atoms with E-state index >= 15 is 0 Å². The van der Waals surface area contributed by atoms with E-state index in [2.05, 4.69) is 5.32 Å². The minimum absolute atomic E-state index is 0.126. The zero-order valence-corrected chi connectivity index (χ0v) is 15.7. The summed E-state index contributed by atoms with van der Waals surface area (Å²) in [5, 5.41) is 13.9. The Balaban J connectivity index is 1.58. The normalized spacial score (nSPS) is 18.3. The number of hydrogen-bond acceptors (Lipinski definition) is 5. The molecule has 3 rings (SSSR count). The van der Waals surface area contributed by atoms with Crippen molar-refractivity contribution in [3.05, 3.63) is 53.6 Å². The monoisotopic (exact) mass is 371 g/mol. The van der Waals surface area contributed by atoms with Gasteiger partial charge in [-0.1, -0.05) is 12.1 Å². The highest BCUT2D eigenvalue weighted by atomic mass is 16.5. The van der Waals surface area contributed by atoms with Crippen LogP contribution in [0.25, 0.3) is 0 Å². The topological polar surface area (TPSA) is 77.0 Å². The summed E-state index contributed by atoms with van der Waals surface area (Å²) in [4.78, 5) is 12.2. The molecule has 1 unspecified atom stereocenters. The molecule has 1 amide bonds. The molecule has 1 aliphatic rings. The quantitative estimate of drug-likeness (QED) is 0.782. The van der Waals surface area contributed by atoms with Gasteiger partial charge in [0.25, 0.3) is 5.91 Å². The number of amides is 1. The second-order valence-electron chi connectivity index (χ2n) is 6.65. The summed E-state index contributed by atoms with van der Waals surface area (Å²) in [6.45, 7) is 0.0192. The fraction of sp³-hybridized carbons (Fsp3) is 0.381. The van der Waals surface area contributed by atoms with Gasteiger partial charge in [0.15, 0.2) is 6.61 Å². The molecule has 0 aliphatic heterocycles. The van der Waals surface area contributed by atoms with E-state index < -0.39 is 5.60 Å². The minimum Gasteiger partial charge on any atom is -0.497 e. The number of ether oxygens (including phenoxy) is 3. The molecule has 6 heteroatoms. The van der Waals surface area contributed by atoms with E-state index in [1.165, 1.54) is 0 Å². The fourth-order valence-corrected chi connectivity index (χ4v) is 3.38. The lowest BCUT2D eigenvalue weighted by Gasteiger charge is -2.34. The van der Waals surface area contributed by atoms with E-state index in [-0.39, 0.29) is 19.1 Å². The van der Waals surface area contributed by atoms with Crippen LogP contribution in [0, 0.1) is 0 Å². The Bertz CT molecular complexity index is 807. The molecule has 27 heavy (non-hydrogen) atoms. The molecule has 1 aliphatic carbocycles. The molecular formula is C21H25NO5. The van der Waals surface area contributed by atoms with Crippen molar-refractivity contribution in [2.45, 2.75) is 24.9 Å². The van der Waals surface area contributed by atoms with Crippen molar-refractivity contribution in [3.63, 3.8) is 0 Å². The van der Waals surface area contributed by atoms with Gasteiger partial charge >= 0.3 is 0 Å². The number of hydrogen-bond donors (Lipinski definition) is 2. The van der Waals surface area contributed by atoms with Crippen molar-refractivity contribution in [3.8, 4) is 17.2 Å². The van der Waals surface area contributed by atoms with E-state index in [1.807, 2.05) is 18.2 Å². The maximum atomic E-state index is 12.2. The van der Waals surface area contributed by atoms with Crippen LogP contribution >= 0.6 is 0 Å². The zero-order chi connectivity index (χ0) is 19.3. The molecule has 0 bridgehead atoms. The highest BCUT2D eigenvalue weighted by Crippen LogP contribution is 2.36. The number of carbonyl (C=O) groups is 1. The molecule has 0 spiro atoms. The van der Waals surface area contributed by atoms with Crippen molar-refractivity contribution in [2.24, 2.45) is 0 Å². The molecule has 2 N–H and O–H groups in total. The van der Waals surface area contributed by atoms with Crippen LogP contribution in [0.4, 0.5) is 0 Å². The first-order valence-corrected chi connectivity index (χ1v) is 8.97. The second kappa shape index (κ2) is 8.31. The lowest BCUT2D eigenvalue weighted by atomic mass is 9.79. The number of carbonyl (C=O) groups excluding carboxylic acids is 1. The highest BCUT2D eigenvalue weighted by molar-refractivity contribution is 5.77. The van der Waals surface area contributed by atoms with Crippen molar-refractivity contribution < 1.29 is 24.1 Å². The van der Waals surface area contributed by atoms with Gasteiger partial charge in [-0.2, -0.15) is 0 Å². The Labute approximate surface area is 159 Å². The number of benzene rings is 2. The summed E-state index contributed by atoms with van der Waals surface area (Å²) in [7, 11) is 3.20. The molecule has 144 valence electrons. The number of rotatable bonds is 7. The molecule has 2 aromatic carbocycles. The standard InChI is InChI=1S/C21H25NO5/c1-25-16-6-3-7-18(12-16)27-13-20(23)22-14-21(24)10-4-5-15-11-17(26-2)8-9-19(15)21/h3,6-9,11-12,24H,4-5,10,13-14H2,1-2H3,(H,22,23). The van der Waals surface area contributed by atoms with Crippen molar-refractivity contribution >= 4 is 5.91 Å². The van der Waals surface area contributed by atoms with E-state index in [4.69, 9.17) is 14.2 Å². The highest BCUT2D eigenvalue weighted by Gasteiger charge is 2.34. The number of aryl methyl sites for hydroxylation is 1. The predicted molar refractivity (Wildman–Crippen MR) is 101 cm³/mol. The minimum atomic E-state index is -1.08. The fourth-order valence-electron chi connectivity index (χ4n) is 3.38. The van der Waals surface area contributed by atoms with E-state index in [0.717, 1.165) is 29.7 Å². The maximum absolute atomic E-state index is 12.2. The largest absolute Gasteiger partial charge is 0.497 e. The van der Waals surface area contributed by atoms with Crippen molar-refractivity contribution in [1.82, 2.24) is 5.32 Å². The third kappa shape index (κ3) is 4.52. The van der Waals surface area contributed by atoms with Crippen LogP contribution in [0.1, 0.15) is 24.0 Å². The Kier molecular flexibility index (Phi) is 5.86. The van der Waals surface area contributed by atoms with Gasteiger partial charge in [-0.15, -0.1) is 0 Å². The average molecular weight is 371 g/mol. The van der Waals surface area contributed by atoms with Crippen LogP contribution in [-0.2, 0) is 16.8 Å². The molecule has 0 radical (unpaired) electrons. The summed E-state index contributed by atoms with van der Waals surface area (Å²) in [6, 6.07) is 12.7. The van der Waals surface area contributed by atoms with E-state index in [0.29, 0.717) is 17.9 Å². The Morgan fingerprint density at radius 2 is 1.85 bits per heavy atom. The second-order valence-corrected chi connectivity index (χ2v) is 6.65. The van der Waals surface area contributed by atoms with Gasteiger partial charge in [0.1, 0.15) is 22.8 Å². The third-order valence-corrected chi connectivity index (χ3v) is 4.84. The summed E-state index contributed by atoms with van der Waals surface area (Å²) < 4.78 is 15.9. The zero-order valence-electron chi connectivity index (χ0n) is 15.7. The van der Waals surface area contributed by atoms with Crippen molar-refractivity contribution in [2.75, 3.05) is 27.4 Å². The number of methoxy groups -OCH3 is 2. The number of nitrogens with one attached hydrogen (secondary N) is 1. The lowest BCUT2D eigenvalue weighted by molar-refractivity contribution is -0.124. The number of fused-ring (bicyclic) bond motifs is 1. The molecule has 2 aromatic rings. The predicted octanol–water partition coefficient (Wildman–Crippen LogP) is 2.42. The van der Waals surface area contributed by atoms with E-state index in [9.17, 15) is 9.90 Å². The van der Waals surface area contributed by atoms with Crippen LogP contribution in [-0.4, -0.2) is 38.4 Å². The molecule has 0 saturated carbocycles. The SMILES string of the molecule is COc1cccc(OCC(=O)NCC2(O)CCCc3cc(OC)ccc32)c1. The van der Waals surface area contributed by atoms with Crippen molar-refractivity contribution in [1.29, 1.82) is 0 Å². The molecule has 1 atom stereocenters. The van der Waals surface area contributed by atoms with Gasteiger partial charge in [0, 0.05) is 6.07 Å². The smallest absolute Gasteiger partial charge is 0.258 e. The van der Waals surface area contributed by atoms with Gasteiger partial charge in [-0.25, -0.2) is 0 Å². The summed E-state index contributed by atoms with van der Waals surface area (Å²) in [5.41, 5.74) is 0.833. The molecule has 0 fully saturated rings. The van der Waals surface area contributed by atoms with Gasteiger partial charge < -0.3 is 24.6 Å². The first kappa shape index (κ1) is 19.0. The maximum Gasteiger partial charge on any atom is 0.258 e. The summed E-state index contributed by atoms with van der Waals surface area (Å²) in [6.07, 6.45) is 2.35. The van der Waals surface area contributed by atoms with Crippen LogP contribution in [0.15, 0.2) is 42.5 Å². The van der Waals surface area contributed by atoms with Gasteiger partial charge in [0.05, 0.1) is 20.8 Å².